The second kappa shape index (κ2) is 5.17. The van der Waals surface area contributed by atoms with Gasteiger partial charge in [-0.15, -0.1) is 0 Å². The van der Waals surface area contributed by atoms with Crippen molar-refractivity contribution < 1.29 is 0 Å². The van der Waals surface area contributed by atoms with E-state index in [0.29, 0.717) is 12.1 Å². The van der Waals surface area contributed by atoms with Crippen LogP contribution in [0.4, 0.5) is 0 Å². The molecule has 3 unspecified atom stereocenters. The van der Waals surface area contributed by atoms with Gasteiger partial charge in [-0.2, -0.15) is 0 Å². The predicted molar refractivity (Wildman–Crippen MR) is 69.5 cm³/mol. The van der Waals surface area contributed by atoms with Crippen molar-refractivity contribution >= 4 is 0 Å². The normalized spacial score (nSPS) is 33.8. The fraction of sp³-hybridized carbons (Fsp3) is 0.571. The van der Waals surface area contributed by atoms with Crippen molar-refractivity contribution in [2.24, 2.45) is 5.92 Å². The molecule has 3 nitrogen and oxygen atoms in total. The van der Waals surface area contributed by atoms with E-state index in [1.807, 2.05) is 0 Å². The number of hydrogen-bond acceptors (Lipinski definition) is 3. The molecule has 2 saturated heterocycles. The third-order valence-corrected chi connectivity index (χ3v) is 4.04. The summed E-state index contributed by atoms with van der Waals surface area (Å²) in [6, 6.07) is 11.8. The lowest BCUT2D eigenvalue weighted by Gasteiger charge is -2.27. The summed E-state index contributed by atoms with van der Waals surface area (Å²) in [5.41, 5.74) is 8.32. The van der Waals surface area contributed by atoms with Crippen LogP contribution in [-0.2, 0) is 0 Å². The average Bonchev–Trinajstić information content (AvgIpc) is 2.90. The lowest BCUT2D eigenvalue weighted by atomic mass is 9.88. The van der Waals surface area contributed by atoms with Crippen LogP contribution >= 0.6 is 0 Å². The maximum Gasteiger partial charge on any atom is 0.0477 e. The zero-order valence-corrected chi connectivity index (χ0v) is 10.2. The van der Waals surface area contributed by atoms with Gasteiger partial charge in [-0.3, -0.25) is 10.9 Å². The van der Waals surface area contributed by atoms with Crippen molar-refractivity contribution in [1.82, 2.24) is 16.2 Å². The number of piperidine rings is 1. The van der Waals surface area contributed by atoms with Crippen LogP contribution in [0, 0.1) is 5.92 Å². The van der Waals surface area contributed by atoms with Gasteiger partial charge in [0.1, 0.15) is 0 Å². The van der Waals surface area contributed by atoms with Crippen LogP contribution in [0.15, 0.2) is 30.3 Å². The minimum Gasteiger partial charge on any atom is -0.316 e. The van der Waals surface area contributed by atoms with Crippen LogP contribution in [0.5, 0.6) is 0 Å². The number of rotatable bonds is 2. The molecule has 3 heteroatoms. The second-order valence-corrected chi connectivity index (χ2v) is 5.20. The molecule has 3 atom stereocenters. The third-order valence-electron chi connectivity index (χ3n) is 4.04. The van der Waals surface area contributed by atoms with E-state index >= 15 is 0 Å². The SMILES string of the molecule is c1ccc(C2CC(C3CCCNC3)NN2)cc1. The summed E-state index contributed by atoms with van der Waals surface area (Å²) in [5, 5.41) is 3.50. The smallest absolute Gasteiger partial charge is 0.0477 e. The lowest BCUT2D eigenvalue weighted by Crippen LogP contribution is -2.43. The molecule has 0 radical (unpaired) electrons. The number of benzene rings is 1. The minimum atomic E-state index is 0.475. The topological polar surface area (TPSA) is 36.1 Å². The first-order chi connectivity index (χ1) is 8.43. The monoisotopic (exact) mass is 231 g/mol. The Kier molecular flexibility index (Phi) is 3.41. The summed E-state index contributed by atoms with van der Waals surface area (Å²) in [5.74, 6) is 0.782. The van der Waals surface area contributed by atoms with Crippen LogP contribution in [0.3, 0.4) is 0 Å². The summed E-state index contributed by atoms with van der Waals surface area (Å²) >= 11 is 0. The third kappa shape index (κ3) is 2.51. The molecule has 2 fully saturated rings. The van der Waals surface area contributed by atoms with Gasteiger partial charge in [-0.05, 0) is 43.8 Å². The zero-order chi connectivity index (χ0) is 11.5. The molecular formula is C14H21N3. The number of hydrazine groups is 1. The molecular weight excluding hydrogens is 210 g/mol. The Bertz CT molecular complexity index is 346. The van der Waals surface area contributed by atoms with E-state index in [4.69, 9.17) is 0 Å². The fourth-order valence-electron chi connectivity index (χ4n) is 3.02. The standard InChI is InChI=1S/C14H21N3/c1-2-5-11(6-3-1)13-9-14(17-16-13)12-7-4-8-15-10-12/h1-3,5-6,12-17H,4,7-10H2. The minimum absolute atomic E-state index is 0.475. The van der Waals surface area contributed by atoms with Gasteiger partial charge < -0.3 is 5.32 Å². The van der Waals surface area contributed by atoms with Crippen molar-refractivity contribution in [2.75, 3.05) is 13.1 Å². The zero-order valence-electron chi connectivity index (χ0n) is 10.2. The van der Waals surface area contributed by atoms with Gasteiger partial charge >= 0.3 is 0 Å². The quantitative estimate of drug-likeness (QED) is 0.723. The molecule has 3 N–H and O–H groups in total. The first-order valence-electron chi connectivity index (χ1n) is 6.70. The molecule has 2 aliphatic rings. The molecule has 0 spiro atoms. The van der Waals surface area contributed by atoms with E-state index in [0.717, 1.165) is 5.92 Å². The summed E-state index contributed by atoms with van der Waals surface area (Å²) in [7, 11) is 0. The highest BCUT2D eigenvalue weighted by Crippen LogP contribution is 2.27. The average molecular weight is 231 g/mol. The Hall–Kier alpha value is -0.900. The van der Waals surface area contributed by atoms with E-state index in [1.165, 1.54) is 37.9 Å². The van der Waals surface area contributed by atoms with Crippen molar-refractivity contribution in [3.63, 3.8) is 0 Å². The first kappa shape index (κ1) is 11.2. The van der Waals surface area contributed by atoms with Crippen molar-refractivity contribution in [2.45, 2.75) is 31.3 Å². The molecule has 0 saturated carbocycles. The van der Waals surface area contributed by atoms with Gasteiger partial charge in [0.05, 0.1) is 0 Å². The van der Waals surface area contributed by atoms with Gasteiger partial charge in [-0.25, -0.2) is 0 Å². The van der Waals surface area contributed by atoms with Crippen molar-refractivity contribution in [3.8, 4) is 0 Å². The van der Waals surface area contributed by atoms with E-state index in [1.54, 1.807) is 0 Å². The Morgan fingerprint density at radius 2 is 1.94 bits per heavy atom. The summed E-state index contributed by atoms with van der Waals surface area (Å²) < 4.78 is 0. The molecule has 0 aromatic heterocycles. The summed E-state index contributed by atoms with van der Waals surface area (Å²) in [6.07, 6.45) is 3.88. The summed E-state index contributed by atoms with van der Waals surface area (Å²) in [6.45, 7) is 2.36. The molecule has 0 bridgehead atoms. The van der Waals surface area contributed by atoms with E-state index in [9.17, 15) is 0 Å². The fourth-order valence-corrected chi connectivity index (χ4v) is 3.02. The molecule has 92 valence electrons. The molecule has 17 heavy (non-hydrogen) atoms. The Morgan fingerprint density at radius 1 is 1.06 bits per heavy atom. The largest absolute Gasteiger partial charge is 0.316 e. The van der Waals surface area contributed by atoms with Crippen LogP contribution < -0.4 is 16.2 Å². The molecule has 2 heterocycles. The molecule has 1 aromatic rings. The van der Waals surface area contributed by atoms with Gasteiger partial charge in [-0.1, -0.05) is 30.3 Å². The summed E-state index contributed by atoms with van der Waals surface area (Å²) in [4.78, 5) is 0. The van der Waals surface area contributed by atoms with Crippen molar-refractivity contribution in [3.05, 3.63) is 35.9 Å². The van der Waals surface area contributed by atoms with Crippen molar-refractivity contribution in [1.29, 1.82) is 0 Å². The van der Waals surface area contributed by atoms with Crippen LogP contribution in [-0.4, -0.2) is 19.1 Å². The van der Waals surface area contributed by atoms with Gasteiger partial charge in [0, 0.05) is 12.1 Å². The van der Waals surface area contributed by atoms with Gasteiger partial charge in [0.15, 0.2) is 0 Å². The van der Waals surface area contributed by atoms with Crippen LogP contribution in [0.1, 0.15) is 30.9 Å². The Balaban J connectivity index is 1.61. The van der Waals surface area contributed by atoms with Gasteiger partial charge in [0.25, 0.3) is 0 Å². The maximum atomic E-state index is 3.50. The number of nitrogens with one attached hydrogen (secondary N) is 3. The lowest BCUT2D eigenvalue weighted by molar-refractivity contribution is 0.297. The highest BCUT2D eigenvalue weighted by Gasteiger charge is 2.31. The van der Waals surface area contributed by atoms with E-state index < -0.39 is 0 Å². The molecule has 3 rings (SSSR count). The highest BCUT2D eigenvalue weighted by molar-refractivity contribution is 5.20. The molecule has 0 amide bonds. The van der Waals surface area contributed by atoms with E-state index in [-0.39, 0.29) is 0 Å². The molecule has 2 aliphatic heterocycles. The van der Waals surface area contributed by atoms with Gasteiger partial charge in [0.2, 0.25) is 0 Å². The van der Waals surface area contributed by atoms with E-state index in [2.05, 4.69) is 46.5 Å². The molecule has 0 aliphatic carbocycles. The Morgan fingerprint density at radius 3 is 2.71 bits per heavy atom. The van der Waals surface area contributed by atoms with Crippen LogP contribution in [0.2, 0.25) is 0 Å². The Labute approximate surface area is 103 Å². The second-order valence-electron chi connectivity index (χ2n) is 5.20. The maximum absolute atomic E-state index is 3.50. The highest BCUT2D eigenvalue weighted by atomic mass is 15.4. The first-order valence-corrected chi connectivity index (χ1v) is 6.70. The van der Waals surface area contributed by atoms with Crippen LogP contribution in [0.25, 0.3) is 0 Å². The number of hydrogen-bond donors (Lipinski definition) is 3. The predicted octanol–water partition coefficient (Wildman–Crippen LogP) is 1.59. The molecule has 1 aromatic carbocycles.